The Kier molecular flexibility index (Phi) is 5.08. The summed E-state index contributed by atoms with van der Waals surface area (Å²) in [5, 5.41) is 0. The van der Waals surface area contributed by atoms with E-state index in [1.165, 1.54) is 45.1 Å². The molecular formula is C16H32N2. The molecule has 2 aliphatic rings. The van der Waals surface area contributed by atoms with E-state index in [1.54, 1.807) is 0 Å². The number of hydrogen-bond acceptors (Lipinski definition) is 2. The van der Waals surface area contributed by atoms with Gasteiger partial charge in [-0.15, -0.1) is 0 Å². The van der Waals surface area contributed by atoms with Crippen LogP contribution < -0.4 is 5.73 Å². The predicted octanol–water partition coefficient (Wildman–Crippen LogP) is 3.26. The Morgan fingerprint density at radius 1 is 1.17 bits per heavy atom. The summed E-state index contributed by atoms with van der Waals surface area (Å²) in [6.07, 6.45) is 8.50. The summed E-state index contributed by atoms with van der Waals surface area (Å²) in [6, 6.07) is 1.61. The summed E-state index contributed by atoms with van der Waals surface area (Å²) in [6.45, 7) is 9.33. The maximum absolute atomic E-state index is 5.85. The fraction of sp³-hybridized carbons (Fsp3) is 1.00. The molecule has 2 nitrogen and oxygen atoms in total. The Morgan fingerprint density at radius 2 is 1.94 bits per heavy atom. The third kappa shape index (κ3) is 3.27. The van der Waals surface area contributed by atoms with Crippen LogP contribution in [0.1, 0.15) is 59.3 Å². The van der Waals surface area contributed by atoms with Crippen molar-refractivity contribution in [3.8, 4) is 0 Å². The van der Waals surface area contributed by atoms with Crippen LogP contribution in [0.15, 0.2) is 0 Å². The van der Waals surface area contributed by atoms with E-state index in [4.69, 9.17) is 5.73 Å². The van der Waals surface area contributed by atoms with Gasteiger partial charge in [0.15, 0.2) is 0 Å². The zero-order valence-electron chi connectivity index (χ0n) is 12.6. The van der Waals surface area contributed by atoms with Gasteiger partial charge in [-0.05, 0) is 56.9 Å². The Balaban J connectivity index is 1.90. The quantitative estimate of drug-likeness (QED) is 0.781. The van der Waals surface area contributed by atoms with Crippen LogP contribution in [-0.2, 0) is 0 Å². The van der Waals surface area contributed by atoms with Crippen molar-refractivity contribution in [2.45, 2.75) is 71.4 Å². The largest absolute Gasteiger partial charge is 0.330 e. The molecule has 106 valence electrons. The molecule has 0 aromatic carbocycles. The van der Waals surface area contributed by atoms with Crippen LogP contribution in [0.3, 0.4) is 0 Å². The molecule has 2 rings (SSSR count). The maximum atomic E-state index is 5.85. The Morgan fingerprint density at radius 3 is 2.56 bits per heavy atom. The molecule has 1 heterocycles. The SMILES string of the molecule is CC(C)C1CCCC(N2CC(CN)CC2C)CC1. The second-order valence-corrected chi connectivity index (χ2v) is 7.05. The monoisotopic (exact) mass is 252 g/mol. The van der Waals surface area contributed by atoms with Crippen LogP contribution in [0.5, 0.6) is 0 Å². The first-order chi connectivity index (χ1) is 8.61. The molecule has 1 aliphatic carbocycles. The molecule has 1 saturated heterocycles. The van der Waals surface area contributed by atoms with Crippen molar-refractivity contribution in [1.82, 2.24) is 4.90 Å². The number of nitrogens with zero attached hydrogens (tertiary/aromatic N) is 1. The van der Waals surface area contributed by atoms with Crippen LogP contribution in [0.4, 0.5) is 0 Å². The van der Waals surface area contributed by atoms with Gasteiger partial charge in [0.05, 0.1) is 0 Å². The van der Waals surface area contributed by atoms with Crippen LogP contribution in [0.25, 0.3) is 0 Å². The molecule has 1 aliphatic heterocycles. The van der Waals surface area contributed by atoms with E-state index in [-0.39, 0.29) is 0 Å². The number of hydrogen-bond donors (Lipinski definition) is 1. The van der Waals surface area contributed by atoms with Crippen molar-refractivity contribution in [3.63, 3.8) is 0 Å². The van der Waals surface area contributed by atoms with Gasteiger partial charge in [-0.25, -0.2) is 0 Å². The molecule has 0 spiro atoms. The molecule has 1 saturated carbocycles. The second-order valence-electron chi connectivity index (χ2n) is 7.05. The van der Waals surface area contributed by atoms with Crippen molar-refractivity contribution in [2.24, 2.45) is 23.5 Å². The summed E-state index contributed by atoms with van der Waals surface area (Å²) < 4.78 is 0. The lowest BCUT2D eigenvalue weighted by molar-refractivity contribution is 0.167. The van der Waals surface area contributed by atoms with Gasteiger partial charge < -0.3 is 5.73 Å². The maximum Gasteiger partial charge on any atom is 0.00983 e. The van der Waals surface area contributed by atoms with E-state index in [9.17, 15) is 0 Å². The van der Waals surface area contributed by atoms with Crippen LogP contribution in [0, 0.1) is 17.8 Å². The molecule has 0 aromatic rings. The molecule has 2 fully saturated rings. The third-order valence-corrected chi connectivity index (χ3v) is 5.44. The highest BCUT2D eigenvalue weighted by atomic mass is 15.2. The average Bonchev–Trinajstić information content (AvgIpc) is 2.58. The lowest BCUT2D eigenvalue weighted by Gasteiger charge is -2.31. The lowest BCUT2D eigenvalue weighted by Crippen LogP contribution is -2.38. The van der Waals surface area contributed by atoms with Gasteiger partial charge in [0.2, 0.25) is 0 Å². The molecule has 0 amide bonds. The van der Waals surface area contributed by atoms with Gasteiger partial charge in [-0.3, -0.25) is 4.90 Å². The van der Waals surface area contributed by atoms with E-state index in [0.717, 1.165) is 36.4 Å². The van der Waals surface area contributed by atoms with Gasteiger partial charge in [0, 0.05) is 18.6 Å². The molecule has 18 heavy (non-hydrogen) atoms. The molecule has 0 bridgehead atoms. The van der Waals surface area contributed by atoms with Gasteiger partial charge in [0.1, 0.15) is 0 Å². The molecule has 0 aromatic heterocycles. The first-order valence-electron chi connectivity index (χ1n) is 8.07. The molecule has 4 unspecified atom stereocenters. The normalized spacial score (nSPS) is 39.2. The fourth-order valence-electron chi connectivity index (χ4n) is 4.16. The smallest absolute Gasteiger partial charge is 0.00983 e. The first-order valence-corrected chi connectivity index (χ1v) is 8.07. The van der Waals surface area contributed by atoms with Crippen molar-refractivity contribution in [3.05, 3.63) is 0 Å². The fourth-order valence-corrected chi connectivity index (χ4v) is 4.16. The number of rotatable bonds is 3. The molecule has 0 radical (unpaired) electrons. The minimum atomic E-state index is 0.754. The van der Waals surface area contributed by atoms with E-state index in [0.29, 0.717) is 0 Å². The van der Waals surface area contributed by atoms with Gasteiger partial charge >= 0.3 is 0 Å². The van der Waals surface area contributed by atoms with Crippen molar-refractivity contribution in [2.75, 3.05) is 13.1 Å². The molecule has 2 heteroatoms. The highest BCUT2D eigenvalue weighted by molar-refractivity contribution is 4.89. The minimum absolute atomic E-state index is 0.754. The summed E-state index contributed by atoms with van der Waals surface area (Å²) >= 11 is 0. The number of nitrogens with two attached hydrogens (primary N) is 1. The molecule has 4 atom stereocenters. The van der Waals surface area contributed by atoms with E-state index in [2.05, 4.69) is 25.7 Å². The Hall–Kier alpha value is -0.0800. The summed E-state index contributed by atoms with van der Waals surface area (Å²) in [4.78, 5) is 2.78. The summed E-state index contributed by atoms with van der Waals surface area (Å²) in [5.74, 6) is 2.60. The Bertz CT molecular complexity index is 251. The third-order valence-electron chi connectivity index (χ3n) is 5.44. The standard InChI is InChI=1S/C16H32N2/c1-12(2)15-5-4-6-16(8-7-15)18-11-14(10-17)9-13(18)3/h12-16H,4-11,17H2,1-3H3. The minimum Gasteiger partial charge on any atom is -0.330 e. The van der Waals surface area contributed by atoms with E-state index in [1.807, 2.05) is 0 Å². The molecule has 2 N–H and O–H groups in total. The highest BCUT2D eigenvalue weighted by Crippen LogP contribution is 2.34. The topological polar surface area (TPSA) is 29.3 Å². The summed E-state index contributed by atoms with van der Waals surface area (Å²) in [5.41, 5.74) is 5.85. The van der Waals surface area contributed by atoms with Crippen LogP contribution in [0.2, 0.25) is 0 Å². The zero-order valence-corrected chi connectivity index (χ0v) is 12.6. The van der Waals surface area contributed by atoms with Crippen molar-refractivity contribution in [1.29, 1.82) is 0 Å². The second kappa shape index (κ2) is 6.38. The summed E-state index contributed by atoms with van der Waals surface area (Å²) in [7, 11) is 0. The Labute approximate surface area is 113 Å². The van der Waals surface area contributed by atoms with Gasteiger partial charge in [-0.2, -0.15) is 0 Å². The first kappa shape index (κ1) is 14.3. The number of likely N-dealkylation sites (tertiary alicyclic amines) is 1. The lowest BCUT2D eigenvalue weighted by atomic mass is 9.89. The van der Waals surface area contributed by atoms with Crippen molar-refractivity contribution >= 4 is 0 Å². The van der Waals surface area contributed by atoms with Gasteiger partial charge in [0.25, 0.3) is 0 Å². The zero-order chi connectivity index (χ0) is 13.1. The molecular weight excluding hydrogens is 220 g/mol. The van der Waals surface area contributed by atoms with Crippen LogP contribution in [-0.4, -0.2) is 30.1 Å². The van der Waals surface area contributed by atoms with Gasteiger partial charge in [-0.1, -0.05) is 26.7 Å². The highest BCUT2D eigenvalue weighted by Gasteiger charge is 2.34. The van der Waals surface area contributed by atoms with Crippen molar-refractivity contribution < 1.29 is 0 Å². The van der Waals surface area contributed by atoms with E-state index < -0.39 is 0 Å². The average molecular weight is 252 g/mol. The van der Waals surface area contributed by atoms with E-state index >= 15 is 0 Å². The van der Waals surface area contributed by atoms with Crippen LogP contribution >= 0.6 is 0 Å². The predicted molar refractivity (Wildman–Crippen MR) is 78.5 cm³/mol.